The Morgan fingerprint density at radius 1 is 1.02 bits per heavy atom. The van der Waals surface area contributed by atoms with Crippen LogP contribution in [0, 0.1) is 0 Å². The van der Waals surface area contributed by atoms with Crippen molar-refractivity contribution in [3.8, 4) is 0 Å². The number of urea groups is 1. The monoisotopic (exact) mass is 690 g/mol. The molecule has 2 aromatic rings. The Balaban J connectivity index is 1.19. The van der Waals surface area contributed by atoms with Crippen molar-refractivity contribution in [2.24, 2.45) is 0 Å². The Kier molecular flexibility index (Phi) is 9.98. The van der Waals surface area contributed by atoms with Gasteiger partial charge in [0, 0.05) is 56.9 Å². The van der Waals surface area contributed by atoms with Crippen LogP contribution < -0.4 is 16.0 Å². The van der Waals surface area contributed by atoms with E-state index in [1.807, 2.05) is 24.3 Å². The van der Waals surface area contributed by atoms with Gasteiger partial charge in [-0.1, -0.05) is 36.2 Å². The van der Waals surface area contributed by atoms with E-state index in [0.717, 1.165) is 37.6 Å². The average molecular weight is 691 g/mol. The van der Waals surface area contributed by atoms with Crippen molar-refractivity contribution >= 4 is 41.0 Å². The summed E-state index contributed by atoms with van der Waals surface area (Å²) in [5.41, 5.74) is -0.107. The van der Waals surface area contributed by atoms with E-state index in [1.54, 1.807) is 4.90 Å². The van der Waals surface area contributed by atoms with Gasteiger partial charge in [0.1, 0.15) is 0 Å². The molecule has 0 saturated carbocycles. The number of alkyl halides is 3. The minimum absolute atomic E-state index is 0.132. The summed E-state index contributed by atoms with van der Waals surface area (Å²) in [7, 11) is 1.36. The zero-order valence-electron chi connectivity index (χ0n) is 27.0. The summed E-state index contributed by atoms with van der Waals surface area (Å²) < 4.78 is 47.9. The number of hydrogen-bond acceptors (Lipinski definition) is 6. The normalized spacial score (nSPS) is 20.8. The number of halogens is 4. The summed E-state index contributed by atoms with van der Waals surface area (Å²) >= 11 is 6.27. The number of carbonyl (C=O) groups is 3. The van der Waals surface area contributed by atoms with Gasteiger partial charge in [-0.15, -0.1) is 0 Å². The van der Waals surface area contributed by atoms with Crippen LogP contribution in [-0.2, 0) is 27.7 Å². The van der Waals surface area contributed by atoms with Crippen LogP contribution in [0.2, 0.25) is 5.02 Å². The zero-order valence-corrected chi connectivity index (χ0v) is 27.8. The third-order valence-corrected chi connectivity index (χ3v) is 10.5. The van der Waals surface area contributed by atoms with Crippen LogP contribution in [0.3, 0.4) is 0 Å². The first-order valence-corrected chi connectivity index (χ1v) is 17.1. The third kappa shape index (κ3) is 7.17. The second kappa shape index (κ2) is 14.0. The highest BCUT2D eigenvalue weighted by molar-refractivity contribution is 6.33. The van der Waals surface area contributed by atoms with E-state index in [0.29, 0.717) is 37.7 Å². The maximum atomic E-state index is 14.0. The quantitative estimate of drug-likeness (QED) is 0.341. The molecule has 4 aliphatic heterocycles. The molecule has 3 fully saturated rings. The largest absolute Gasteiger partial charge is 0.436 e. The lowest BCUT2D eigenvalue weighted by atomic mass is 9.79. The average Bonchev–Trinajstić information content (AvgIpc) is 3.07. The summed E-state index contributed by atoms with van der Waals surface area (Å²) in [5.74, 6) is -0.434. The number of fused-ring (bicyclic) bond motifs is 2. The van der Waals surface area contributed by atoms with E-state index in [2.05, 4.69) is 20.9 Å². The van der Waals surface area contributed by atoms with Gasteiger partial charge in [0.15, 0.2) is 6.10 Å². The molecule has 0 bridgehead atoms. The number of para-hydroxylation sites is 1. The van der Waals surface area contributed by atoms with Crippen molar-refractivity contribution in [3.05, 3.63) is 58.1 Å². The number of ether oxygens (including phenoxy) is 1. The molecule has 3 saturated heterocycles. The van der Waals surface area contributed by atoms with E-state index in [-0.39, 0.29) is 41.8 Å². The van der Waals surface area contributed by atoms with E-state index < -0.39 is 35.4 Å². The van der Waals surface area contributed by atoms with Crippen LogP contribution in [-0.4, -0.2) is 91.2 Å². The first kappa shape index (κ1) is 34.2. The van der Waals surface area contributed by atoms with E-state index in [1.165, 1.54) is 37.3 Å². The molecular weight excluding hydrogens is 649 g/mol. The number of nitrogens with one attached hydrogen (secondary N) is 3. The molecule has 4 aliphatic rings. The van der Waals surface area contributed by atoms with Crippen molar-refractivity contribution in [1.82, 2.24) is 20.0 Å². The molecule has 3 N–H and O–H groups in total. The topological polar surface area (TPSA) is 106 Å². The van der Waals surface area contributed by atoms with Gasteiger partial charge in [0.25, 0.3) is 5.91 Å². The minimum Gasteiger partial charge on any atom is -0.436 e. The van der Waals surface area contributed by atoms with Crippen molar-refractivity contribution in [2.45, 2.75) is 75.2 Å². The van der Waals surface area contributed by atoms with Crippen molar-refractivity contribution in [1.29, 1.82) is 0 Å². The van der Waals surface area contributed by atoms with Crippen molar-refractivity contribution in [2.75, 3.05) is 56.9 Å². The van der Waals surface area contributed by atoms with Crippen LogP contribution in [0.25, 0.3) is 0 Å². The fraction of sp³-hybridized carbons (Fsp3) is 0.559. The Morgan fingerprint density at radius 2 is 1.71 bits per heavy atom. The summed E-state index contributed by atoms with van der Waals surface area (Å²) in [6, 6.07) is 9.90. The molecule has 48 heavy (non-hydrogen) atoms. The number of piperidine rings is 3. The van der Waals surface area contributed by atoms with Gasteiger partial charge >= 0.3 is 18.3 Å². The molecule has 0 aromatic heterocycles. The third-order valence-electron chi connectivity index (χ3n) is 10.2. The lowest BCUT2D eigenvalue weighted by molar-refractivity contribution is -0.142. The van der Waals surface area contributed by atoms with Gasteiger partial charge in [-0.3, -0.25) is 4.79 Å². The smallest absolute Gasteiger partial charge is 0.418 e. The summed E-state index contributed by atoms with van der Waals surface area (Å²) in [5, 5.41) is 8.23. The summed E-state index contributed by atoms with van der Waals surface area (Å²) in [6.07, 6.45) is -1.08. The Hall–Kier alpha value is -3.71. The lowest BCUT2D eigenvalue weighted by Gasteiger charge is -2.45. The van der Waals surface area contributed by atoms with Gasteiger partial charge in [-0.05, 0) is 75.4 Å². The maximum absolute atomic E-state index is 14.0. The molecule has 260 valence electrons. The minimum atomic E-state index is -4.70. The first-order valence-electron chi connectivity index (χ1n) is 16.7. The zero-order chi connectivity index (χ0) is 34.1. The lowest BCUT2D eigenvalue weighted by Crippen LogP contribution is -2.58. The predicted octanol–water partition coefficient (Wildman–Crippen LogP) is 6.05. The second-order valence-electron chi connectivity index (χ2n) is 13.2. The van der Waals surface area contributed by atoms with Gasteiger partial charge < -0.3 is 35.4 Å². The number of carbonyl (C=O) groups excluding carboxylic acids is 3. The van der Waals surface area contributed by atoms with Crippen LogP contribution in [0.1, 0.15) is 61.6 Å². The fourth-order valence-corrected chi connectivity index (χ4v) is 8.04. The van der Waals surface area contributed by atoms with E-state index in [9.17, 15) is 27.6 Å². The molecule has 0 aliphatic carbocycles. The highest BCUT2D eigenvalue weighted by Gasteiger charge is 2.44. The Labute approximate surface area is 283 Å². The molecule has 4 amide bonds. The van der Waals surface area contributed by atoms with Gasteiger partial charge in [0.05, 0.1) is 21.8 Å². The van der Waals surface area contributed by atoms with Crippen LogP contribution in [0.15, 0.2) is 36.4 Å². The number of likely N-dealkylation sites (tertiary alicyclic amines) is 3. The highest BCUT2D eigenvalue weighted by Crippen LogP contribution is 2.41. The SMILES string of the molecule is CNc1c(Cl)cc(C[C@@H](OC(=O)N2CCC3(CC2)NC(=O)Nc2ccccc23)C(=O)N2CCC(N3CCCCC3)CC2)cc1C(F)(F)F. The Bertz CT molecular complexity index is 1520. The fourth-order valence-electron chi connectivity index (χ4n) is 7.70. The second-order valence-corrected chi connectivity index (χ2v) is 13.6. The number of nitrogens with zero attached hydrogens (tertiary/aromatic N) is 3. The van der Waals surface area contributed by atoms with Gasteiger partial charge in [0.2, 0.25) is 0 Å². The molecule has 4 heterocycles. The molecule has 10 nitrogen and oxygen atoms in total. The van der Waals surface area contributed by atoms with E-state index in [4.69, 9.17) is 16.3 Å². The number of amides is 4. The van der Waals surface area contributed by atoms with Gasteiger partial charge in [-0.2, -0.15) is 13.2 Å². The highest BCUT2D eigenvalue weighted by atomic mass is 35.5. The number of anilines is 2. The first-order chi connectivity index (χ1) is 23.0. The van der Waals surface area contributed by atoms with Gasteiger partial charge in [-0.25, -0.2) is 9.59 Å². The summed E-state index contributed by atoms with van der Waals surface area (Å²) in [6.45, 7) is 3.54. The number of rotatable bonds is 6. The predicted molar refractivity (Wildman–Crippen MR) is 176 cm³/mol. The molecule has 1 atom stereocenters. The molecular formula is C34H42ClF3N6O4. The maximum Gasteiger partial charge on any atom is 0.418 e. The molecule has 1 spiro atoms. The Morgan fingerprint density at radius 3 is 2.38 bits per heavy atom. The molecule has 6 rings (SSSR count). The molecule has 2 aromatic carbocycles. The van der Waals surface area contributed by atoms with Crippen LogP contribution in [0.5, 0.6) is 0 Å². The standard InChI is InChI=1S/C34H42ClF3N6O4/c1-39-29-25(34(36,37)38)19-22(20-26(29)35)21-28(30(45)43-15-9-23(10-16-43)42-13-5-2-6-14-42)48-32(47)44-17-11-33(12-18-44)24-7-3-4-8-27(24)40-31(46)41-33/h3-4,7-8,19-20,23,28,39H,2,5-6,9-18,21H2,1H3,(H2,40,41,46)/t28-/m1/s1. The van der Waals surface area contributed by atoms with Crippen LogP contribution in [0.4, 0.5) is 34.1 Å². The molecule has 0 radical (unpaired) electrons. The van der Waals surface area contributed by atoms with E-state index >= 15 is 0 Å². The van der Waals surface area contributed by atoms with Crippen LogP contribution >= 0.6 is 11.6 Å². The number of benzene rings is 2. The van der Waals surface area contributed by atoms with Crippen molar-refractivity contribution in [3.63, 3.8) is 0 Å². The summed E-state index contributed by atoms with van der Waals surface area (Å²) in [4.78, 5) is 45.7. The molecule has 14 heteroatoms. The molecule has 0 unspecified atom stereocenters. The number of hydrogen-bond donors (Lipinski definition) is 3. The van der Waals surface area contributed by atoms with Crippen molar-refractivity contribution < 1.29 is 32.3 Å².